The molecule has 0 spiro atoms. The maximum atomic E-state index is 13.0. The molecule has 2 aliphatic rings. The third kappa shape index (κ3) is 7.59. The van der Waals surface area contributed by atoms with Crippen LogP contribution >= 0.6 is 11.8 Å². The topological polar surface area (TPSA) is 71.3 Å². The SMILES string of the molecule is Cc1ccc(-n2c(SCCCCC(=O)N3CCN(C(=O)CCC4CCCC4)C(C)C3)nnc2-c2ccccc2)cc1. The number of thioether (sulfide) groups is 1. The van der Waals surface area contributed by atoms with Crippen molar-refractivity contribution in [2.24, 2.45) is 5.92 Å². The lowest BCUT2D eigenvalue weighted by molar-refractivity contribution is -0.142. The molecule has 1 aliphatic heterocycles. The molecule has 1 aromatic heterocycles. The third-order valence-corrected chi connectivity index (χ3v) is 9.53. The van der Waals surface area contributed by atoms with E-state index in [0.717, 1.165) is 53.2 Å². The summed E-state index contributed by atoms with van der Waals surface area (Å²) in [5.74, 6) is 2.90. The minimum Gasteiger partial charge on any atom is -0.339 e. The number of aryl methyl sites for hydroxylation is 1. The van der Waals surface area contributed by atoms with Crippen LogP contribution in [0.4, 0.5) is 0 Å². The lowest BCUT2D eigenvalue weighted by Gasteiger charge is -2.40. The predicted octanol–water partition coefficient (Wildman–Crippen LogP) is 6.53. The lowest BCUT2D eigenvalue weighted by atomic mass is 10.0. The van der Waals surface area contributed by atoms with Gasteiger partial charge in [-0.3, -0.25) is 14.2 Å². The molecule has 2 heterocycles. The summed E-state index contributed by atoms with van der Waals surface area (Å²) in [5, 5.41) is 9.93. The molecule has 5 rings (SSSR count). The number of unbranched alkanes of at least 4 members (excludes halogenated alkanes) is 1. The predicted molar refractivity (Wildman–Crippen MR) is 165 cm³/mol. The van der Waals surface area contributed by atoms with E-state index in [1.165, 1.54) is 31.2 Å². The number of amides is 2. The van der Waals surface area contributed by atoms with Gasteiger partial charge in [-0.25, -0.2) is 0 Å². The first kappa shape index (κ1) is 29.4. The largest absolute Gasteiger partial charge is 0.339 e. The zero-order valence-electron chi connectivity index (χ0n) is 24.5. The average Bonchev–Trinajstić information content (AvgIpc) is 3.67. The number of carbonyl (C=O) groups excluding carboxylic acids is 2. The smallest absolute Gasteiger partial charge is 0.222 e. The van der Waals surface area contributed by atoms with E-state index in [9.17, 15) is 9.59 Å². The Kier molecular flexibility index (Phi) is 10.1. The summed E-state index contributed by atoms with van der Waals surface area (Å²) >= 11 is 1.69. The molecule has 2 fully saturated rings. The Labute approximate surface area is 248 Å². The molecule has 1 saturated heterocycles. The number of rotatable bonds is 11. The van der Waals surface area contributed by atoms with Gasteiger partial charge in [0.05, 0.1) is 0 Å². The van der Waals surface area contributed by atoms with Gasteiger partial charge in [-0.2, -0.15) is 0 Å². The Morgan fingerprint density at radius 2 is 1.66 bits per heavy atom. The van der Waals surface area contributed by atoms with Crippen molar-refractivity contribution in [2.75, 3.05) is 25.4 Å². The number of carbonyl (C=O) groups is 2. The van der Waals surface area contributed by atoms with Crippen LogP contribution in [0.5, 0.6) is 0 Å². The van der Waals surface area contributed by atoms with Crippen molar-refractivity contribution in [2.45, 2.75) is 82.8 Å². The molecule has 7 nitrogen and oxygen atoms in total. The molecule has 1 saturated carbocycles. The Bertz CT molecular complexity index is 1290. The zero-order chi connectivity index (χ0) is 28.6. The number of hydrogen-bond donors (Lipinski definition) is 0. The van der Waals surface area contributed by atoms with E-state index in [4.69, 9.17) is 0 Å². The molecule has 1 unspecified atom stereocenters. The first-order chi connectivity index (χ1) is 20.0. The van der Waals surface area contributed by atoms with Crippen LogP contribution in [0.3, 0.4) is 0 Å². The van der Waals surface area contributed by atoms with Gasteiger partial charge in [0, 0.05) is 55.5 Å². The van der Waals surface area contributed by atoms with Crippen LogP contribution in [0.2, 0.25) is 0 Å². The monoisotopic (exact) mass is 573 g/mol. The molecule has 2 aromatic carbocycles. The molecule has 41 heavy (non-hydrogen) atoms. The number of aromatic nitrogens is 3. The molecule has 8 heteroatoms. The molecule has 0 bridgehead atoms. The summed E-state index contributed by atoms with van der Waals surface area (Å²) in [6.07, 6.45) is 9.19. The second-order valence-electron chi connectivity index (χ2n) is 11.6. The summed E-state index contributed by atoms with van der Waals surface area (Å²) in [7, 11) is 0. The van der Waals surface area contributed by atoms with Crippen LogP contribution in [-0.2, 0) is 9.59 Å². The van der Waals surface area contributed by atoms with Crippen LogP contribution in [0.1, 0.15) is 70.3 Å². The Hall–Kier alpha value is -3.13. The van der Waals surface area contributed by atoms with Crippen molar-refractivity contribution in [1.82, 2.24) is 24.6 Å². The maximum Gasteiger partial charge on any atom is 0.222 e. The van der Waals surface area contributed by atoms with Crippen LogP contribution in [0, 0.1) is 12.8 Å². The molecule has 1 aliphatic carbocycles. The summed E-state index contributed by atoms with van der Waals surface area (Å²) in [6.45, 7) is 6.12. The molecule has 218 valence electrons. The highest BCUT2D eigenvalue weighted by molar-refractivity contribution is 7.99. The fourth-order valence-corrected chi connectivity index (χ4v) is 7.04. The van der Waals surface area contributed by atoms with Gasteiger partial charge in [0.15, 0.2) is 11.0 Å². The first-order valence-electron chi connectivity index (χ1n) is 15.3. The second kappa shape index (κ2) is 14.2. The molecule has 0 radical (unpaired) electrons. The number of benzene rings is 2. The van der Waals surface area contributed by atoms with Crippen molar-refractivity contribution >= 4 is 23.6 Å². The average molecular weight is 574 g/mol. The fourth-order valence-electron chi connectivity index (χ4n) is 6.09. The normalized spacial score (nSPS) is 17.8. The second-order valence-corrected chi connectivity index (χ2v) is 12.7. The van der Waals surface area contributed by atoms with Gasteiger partial charge in [0.1, 0.15) is 0 Å². The van der Waals surface area contributed by atoms with Gasteiger partial charge >= 0.3 is 0 Å². The van der Waals surface area contributed by atoms with Gasteiger partial charge < -0.3 is 9.80 Å². The fraction of sp³-hybridized carbons (Fsp3) is 0.515. The van der Waals surface area contributed by atoms with Crippen molar-refractivity contribution in [3.63, 3.8) is 0 Å². The highest BCUT2D eigenvalue weighted by atomic mass is 32.2. The number of nitrogens with zero attached hydrogens (tertiary/aromatic N) is 5. The summed E-state index contributed by atoms with van der Waals surface area (Å²) < 4.78 is 2.13. The van der Waals surface area contributed by atoms with Crippen molar-refractivity contribution in [3.8, 4) is 17.1 Å². The molecule has 2 amide bonds. The van der Waals surface area contributed by atoms with E-state index in [-0.39, 0.29) is 17.9 Å². The molecule has 0 N–H and O–H groups in total. The van der Waals surface area contributed by atoms with Crippen molar-refractivity contribution < 1.29 is 9.59 Å². The lowest BCUT2D eigenvalue weighted by Crippen LogP contribution is -2.55. The molecular formula is C33H43N5O2S. The Morgan fingerprint density at radius 3 is 2.39 bits per heavy atom. The van der Waals surface area contributed by atoms with Crippen LogP contribution in [-0.4, -0.2) is 67.8 Å². The van der Waals surface area contributed by atoms with Gasteiger partial charge in [0.2, 0.25) is 11.8 Å². The van der Waals surface area contributed by atoms with Crippen LogP contribution in [0.25, 0.3) is 17.1 Å². The van der Waals surface area contributed by atoms with E-state index in [1.807, 2.05) is 28.0 Å². The molecule has 1 atom stereocenters. The van der Waals surface area contributed by atoms with Gasteiger partial charge in [-0.1, -0.05) is 85.5 Å². The highest BCUT2D eigenvalue weighted by Crippen LogP contribution is 2.30. The number of piperazine rings is 1. The van der Waals surface area contributed by atoms with Gasteiger partial charge in [-0.05, 0) is 51.2 Å². The quantitative estimate of drug-likeness (QED) is 0.193. The van der Waals surface area contributed by atoms with E-state index >= 15 is 0 Å². The summed E-state index contributed by atoms with van der Waals surface area (Å²) in [4.78, 5) is 29.8. The van der Waals surface area contributed by atoms with E-state index in [1.54, 1.807) is 11.8 Å². The first-order valence-corrected chi connectivity index (χ1v) is 16.3. The maximum absolute atomic E-state index is 13.0. The molecular weight excluding hydrogens is 530 g/mol. The summed E-state index contributed by atoms with van der Waals surface area (Å²) in [6, 6.07) is 18.7. The molecule has 3 aromatic rings. The minimum atomic E-state index is 0.0891. The van der Waals surface area contributed by atoms with E-state index in [0.29, 0.717) is 32.5 Å². The van der Waals surface area contributed by atoms with Gasteiger partial charge in [-0.15, -0.1) is 10.2 Å². The highest BCUT2D eigenvalue weighted by Gasteiger charge is 2.30. The standard InChI is InChI=1S/C33H43N5O2S/c1-25-15-18-29(19-16-25)38-32(28-12-4-3-5-13-28)34-35-33(38)41-23-9-8-14-30(39)36-21-22-37(26(2)24-36)31(40)20-17-27-10-6-7-11-27/h3-5,12-13,15-16,18-19,26-27H,6-11,14,17,20-24H2,1-2H3. The number of hydrogen-bond acceptors (Lipinski definition) is 5. The minimum absolute atomic E-state index is 0.0891. The van der Waals surface area contributed by atoms with E-state index < -0.39 is 0 Å². The van der Waals surface area contributed by atoms with Crippen LogP contribution in [0.15, 0.2) is 59.8 Å². The summed E-state index contributed by atoms with van der Waals surface area (Å²) in [5.41, 5.74) is 3.29. The Morgan fingerprint density at radius 1 is 0.902 bits per heavy atom. The van der Waals surface area contributed by atoms with Gasteiger partial charge in [0.25, 0.3) is 0 Å². The van der Waals surface area contributed by atoms with Crippen molar-refractivity contribution in [1.29, 1.82) is 0 Å². The van der Waals surface area contributed by atoms with E-state index in [2.05, 4.69) is 65.0 Å². The Balaban J connectivity index is 1.08. The van der Waals surface area contributed by atoms with Crippen molar-refractivity contribution in [3.05, 3.63) is 60.2 Å². The zero-order valence-corrected chi connectivity index (χ0v) is 25.3. The third-order valence-electron chi connectivity index (χ3n) is 8.52. The van der Waals surface area contributed by atoms with Crippen LogP contribution < -0.4 is 0 Å².